The number of hydrogen-bond donors (Lipinski definition) is 0. The third-order valence-electron chi connectivity index (χ3n) is 5.05. The van der Waals surface area contributed by atoms with Gasteiger partial charge in [-0.15, -0.1) is 0 Å². The molecule has 0 saturated heterocycles. The van der Waals surface area contributed by atoms with E-state index in [9.17, 15) is 4.79 Å². The van der Waals surface area contributed by atoms with Crippen molar-refractivity contribution in [1.29, 1.82) is 0 Å². The van der Waals surface area contributed by atoms with Gasteiger partial charge in [0.05, 0.1) is 37.2 Å². The van der Waals surface area contributed by atoms with E-state index in [0.29, 0.717) is 18.0 Å². The lowest BCUT2D eigenvalue weighted by atomic mass is 10.0. The molecule has 8 heteroatoms. The van der Waals surface area contributed by atoms with Gasteiger partial charge in [0.2, 0.25) is 0 Å². The van der Waals surface area contributed by atoms with E-state index in [-0.39, 0.29) is 22.4 Å². The van der Waals surface area contributed by atoms with Crippen LogP contribution >= 0.6 is 0 Å². The molecule has 4 rings (SSSR count). The summed E-state index contributed by atoms with van der Waals surface area (Å²) in [6.45, 7) is 2.29. The fourth-order valence-electron chi connectivity index (χ4n) is 3.53. The van der Waals surface area contributed by atoms with Gasteiger partial charge in [-0.2, -0.15) is 5.10 Å². The monoisotopic (exact) mass is 408 g/mol. The molecule has 3 aromatic heterocycles. The fourth-order valence-corrected chi connectivity index (χ4v) is 3.53. The van der Waals surface area contributed by atoms with E-state index in [1.165, 1.54) is 26.4 Å². The first-order chi connectivity index (χ1) is 14.5. The standard InChI is InChI=1S/C22H21FN4O3/c1-5-27-19-9-18(14-11-25-26(2)12-14)24-10-13(19)6-17(22(27)28)16-7-15(29-3)8-20(30-4)21(16)23/h6-12H,5H2,1-4H3. The smallest absolute Gasteiger partial charge is 0.259 e. The highest BCUT2D eigenvalue weighted by molar-refractivity contribution is 5.86. The van der Waals surface area contributed by atoms with Crippen molar-refractivity contribution < 1.29 is 13.9 Å². The number of aromatic nitrogens is 4. The first kappa shape index (κ1) is 19.6. The Hall–Kier alpha value is -3.68. The second-order valence-electron chi connectivity index (χ2n) is 6.83. The first-order valence-corrected chi connectivity index (χ1v) is 9.41. The Morgan fingerprint density at radius 1 is 1.07 bits per heavy atom. The number of rotatable bonds is 5. The van der Waals surface area contributed by atoms with Crippen molar-refractivity contribution in [3.05, 3.63) is 59.0 Å². The molecule has 0 saturated carbocycles. The van der Waals surface area contributed by atoms with Crippen LogP contribution in [-0.4, -0.2) is 33.6 Å². The zero-order chi connectivity index (χ0) is 21.4. The molecule has 0 aliphatic rings. The highest BCUT2D eigenvalue weighted by atomic mass is 19.1. The number of hydrogen-bond acceptors (Lipinski definition) is 5. The maximum atomic E-state index is 15.0. The summed E-state index contributed by atoms with van der Waals surface area (Å²) in [4.78, 5) is 17.8. The third kappa shape index (κ3) is 3.20. The molecule has 0 unspecified atom stereocenters. The van der Waals surface area contributed by atoms with Crippen LogP contribution in [0.3, 0.4) is 0 Å². The minimum atomic E-state index is -0.614. The fraction of sp³-hybridized carbons (Fsp3) is 0.227. The molecule has 3 heterocycles. The van der Waals surface area contributed by atoms with Gasteiger partial charge in [0.1, 0.15) is 5.75 Å². The summed E-state index contributed by atoms with van der Waals surface area (Å²) in [6, 6.07) is 6.45. The second kappa shape index (κ2) is 7.62. The minimum Gasteiger partial charge on any atom is -0.497 e. The van der Waals surface area contributed by atoms with E-state index in [2.05, 4.69) is 10.1 Å². The lowest BCUT2D eigenvalue weighted by Crippen LogP contribution is -2.22. The van der Waals surface area contributed by atoms with Crippen LogP contribution in [0.2, 0.25) is 0 Å². The zero-order valence-electron chi connectivity index (χ0n) is 17.1. The predicted octanol–water partition coefficient (Wildman–Crippen LogP) is 3.64. The third-order valence-corrected chi connectivity index (χ3v) is 5.05. The van der Waals surface area contributed by atoms with E-state index in [4.69, 9.17) is 9.47 Å². The van der Waals surface area contributed by atoms with Gasteiger partial charge in [-0.05, 0) is 25.1 Å². The van der Waals surface area contributed by atoms with E-state index in [1.807, 2.05) is 26.2 Å². The predicted molar refractivity (Wildman–Crippen MR) is 112 cm³/mol. The molecule has 7 nitrogen and oxygen atoms in total. The number of methoxy groups -OCH3 is 2. The minimum absolute atomic E-state index is 0.0111. The molecule has 0 spiro atoms. The Morgan fingerprint density at radius 3 is 2.50 bits per heavy atom. The molecular formula is C22H21FN4O3. The maximum Gasteiger partial charge on any atom is 0.259 e. The Bertz CT molecular complexity index is 1310. The summed E-state index contributed by atoms with van der Waals surface area (Å²) in [7, 11) is 4.68. The van der Waals surface area contributed by atoms with Crippen LogP contribution < -0.4 is 15.0 Å². The highest BCUT2D eigenvalue weighted by Crippen LogP contribution is 2.34. The SMILES string of the molecule is CCn1c(=O)c(-c2cc(OC)cc(OC)c2F)cc2cnc(-c3cnn(C)c3)cc21. The van der Waals surface area contributed by atoms with Crippen LogP contribution in [0.4, 0.5) is 4.39 Å². The molecule has 0 amide bonds. The molecule has 0 bridgehead atoms. The highest BCUT2D eigenvalue weighted by Gasteiger charge is 2.19. The molecule has 1 aromatic carbocycles. The van der Waals surface area contributed by atoms with Crippen molar-refractivity contribution in [3.8, 4) is 33.9 Å². The summed E-state index contributed by atoms with van der Waals surface area (Å²) >= 11 is 0. The molecule has 0 N–H and O–H groups in total. The molecule has 0 atom stereocenters. The van der Waals surface area contributed by atoms with Crippen LogP contribution in [0.15, 0.2) is 47.7 Å². The summed E-state index contributed by atoms with van der Waals surface area (Å²) in [5.74, 6) is -0.204. The summed E-state index contributed by atoms with van der Waals surface area (Å²) in [5.41, 5.74) is 2.31. The number of fused-ring (bicyclic) bond motifs is 1. The number of halogens is 1. The van der Waals surface area contributed by atoms with Crippen LogP contribution in [0.25, 0.3) is 33.3 Å². The number of ether oxygens (including phenoxy) is 2. The van der Waals surface area contributed by atoms with Gasteiger partial charge in [-0.3, -0.25) is 14.5 Å². The Morgan fingerprint density at radius 2 is 1.87 bits per heavy atom. The van der Waals surface area contributed by atoms with E-state index in [0.717, 1.165) is 16.5 Å². The van der Waals surface area contributed by atoms with Crippen LogP contribution in [0.5, 0.6) is 11.5 Å². The van der Waals surface area contributed by atoms with Gasteiger partial charge in [0.25, 0.3) is 5.56 Å². The van der Waals surface area contributed by atoms with Gasteiger partial charge in [0, 0.05) is 48.6 Å². The summed E-state index contributed by atoms with van der Waals surface area (Å²) < 4.78 is 28.7. The zero-order valence-corrected chi connectivity index (χ0v) is 17.1. The number of benzene rings is 1. The van der Waals surface area contributed by atoms with Crippen molar-refractivity contribution in [3.63, 3.8) is 0 Å². The van der Waals surface area contributed by atoms with E-state index in [1.54, 1.807) is 27.7 Å². The lowest BCUT2D eigenvalue weighted by Gasteiger charge is -2.14. The number of aryl methyl sites for hydroxylation is 2. The van der Waals surface area contributed by atoms with Gasteiger partial charge >= 0.3 is 0 Å². The van der Waals surface area contributed by atoms with Gasteiger partial charge in [-0.1, -0.05) is 0 Å². The van der Waals surface area contributed by atoms with Crippen molar-refractivity contribution in [1.82, 2.24) is 19.3 Å². The molecular weight excluding hydrogens is 387 g/mol. The Labute approximate surface area is 172 Å². The second-order valence-corrected chi connectivity index (χ2v) is 6.83. The van der Waals surface area contributed by atoms with E-state index < -0.39 is 5.82 Å². The molecule has 154 valence electrons. The topological polar surface area (TPSA) is 71.2 Å². The molecule has 30 heavy (non-hydrogen) atoms. The van der Waals surface area contributed by atoms with Crippen molar-refractivity contribution in [2.45, 2.75) is 13.5 Å². The number of nitrogens with zero attached hydrogens (tertiary/aromatic N) is 4. The Balaban J connectivity index is 1.98. The number of pyridine rings is 2. The largest absolute Gasteiger partial charge is 0.497 e. The Kier molecular flexibility index (Phi) is 4.99. The first-order valence-electron chi connectivity index (χ1n) is 9.41. The average Bonchev–Trinajstić information content (AvgIpc) is 3.19. The molecule has 0 aliphatic carbocycles. The van der Waals surface area contributed by atoms with Gasteiger partial charge in [-0.25, -0.2) is 4.39 Å². The average molecular weight is 408 g/mol. The maximum absolute atomic E-state index is 15.0. The molecule has 0 aliphatic heterocycles. The summed E-state index contributed by atoms with van der Waals surface area (Å²) in [5, 5.41) is 4.89. The van der Waals surface area contributed by atoms with Gasteiger partial charge < -0.3 is 14.0 Å². The van der Waals surface area contributed by atoms with Crippen molar-refractivity contribution >= 4 is 10.9 Å². The summed E-state index contributed by atoms with van der Waals surface area (Å²) in [6.07, 6.45) is 5.26. The normalized spacial score (nSPS) is 11.1. The van der Waals surface area contributed by atoms with Gasteiger partial charge in [0.15, 0.2) is 11.6 Å². The van der Waals surface area contributed by atoms with Crippen LogP contribution in [0, 0.1) is 5.82 Å². The van der Waals surface area contributed by atoms with Crippen LogP contribution in [-0.2, 0) is 13.6 Å². The molecule has 0 fully saturated rings. The molecule has 4 aromatic rings. The lowest BCUT2D eigenvalue weighted by molar-refractivity contribution is 0.375. The van der Waals surface area contributed by atoms with Crippen LogP contribution in [0.1, 0.15) is 6.92 Å². The molecule has 0 radical (unpaired) electrons. The quantitative estimate of drug-likeness (QED) is 0.504. The van der Waals surface area contributed by atoms with Crippen molar-refractivity contribution in [2.24, 2.45) is 7.05 Å². The van der Waals surface area contributed by atoms with E-state index >= 15 is 4.39 Å². The van der Waals surface area contributed by atoms with Crippen molar-refractivity contribution in [2.75, 3.05) is 14.2 Å².